The van der Waals surface area contributed by atoms with E-state index in [1.165, 1.54) is 4.90 Å². The number of hydrogen-bond acceptors (Lipinski definition) is 6. The van der Waals surface area contributed by atoms with Crippen molar-refractivity contribution < 1.29 is 19.1 Å². The summed E-state index contributed by atoms with van der Waals surface area (Å²) in [5, 5.41) is 6.02. The summed E-state index contributed by atoms with van der Waals surface area (Å²) in [5.41, 5.74) is 2.19. The lowest BCUT2D eigenvalue weighted by Crippen LogP contribution is -2.30. The van der Waals surface area contributed by atoms with E-state index >= 15 is 0 Å². The van der Waals surface area contributed by atoms with E-state index in [0.29, 0.717) is 30.1 Å². The number of carbonyl (C=O) groups excluding carboxylic acids is 2. The van der Waals surface area contributed by atoms with E-state index in [1.807, 2.05) is 49.6 Å². The number of ether oxygens (including phenoxy) is 2. The maximum absolute atomic E-state index is 13.0. The van der Waals surface area contributed by atoms with E-state index in [1.54, 1.807) is 43.6 Å². The number of thiazole rings is 1. The van der Waals surface area contributed by atoms with Gasteiger partial charge in [-0.2, -0.15) is 0 Å². The van der Waals surface area contributed by atoms with Crippen molar-refractivity contribution in [3.63, 3.8) is 0 Å². The lowest BCUT2D eigenvalue weighted by Gasteiger charge is -2.21. The van der Waals surface area contributed by atoms with Gasteiger partial charge in [-0.25, -0.2) is 4.98 Å². The summed E-state index contributed by atoms with van der Waals surface area (Å²) in [6, 6.07) is 14.3. The molecule has 8 heteroatoms. The highest BCUT2D eigenvalue weighted by Gasteiger charge is 2.19. The summed E-state index contributed by atoms with van der Waals surface area (Å²) in [6.45, 7) is 4.23. The van der Waals surface area contributed by atoms with Crippen LogP contribution in [0.3, 0.4) is 0 Å². The molecule has 0 aliphatic carbocycles. The van der Waals surface area contributed by atoms with Crippen molar-refractivity contribution in [1.29, 1.82) is 0 Å². The van der Waals surface area contributed by atoms with Gasteiger partial charge < -0.3 is 19.7 Å². The quantitative estimate of drug-likeness (QED) is 0.479. The summed E-state index contributed by atoms with van der Waals surface area (Å²) >= 11 is 1.58. The fourth-order valence-corrected chi connectivity index (χ4v) is 3.77. The van der Waals surface area contributed by atoms with E-state index in [2.05, 4.69) is 10.3 Å². The molecule has 0 aliphatic rings. The molecule has 0 radical (unpaired) electrons. The third kappa shape index (κ3) is 6.79. The molecule has 0 saturated carbocycles. The van der Waals surface area contributed by atoms with Crippen LogP contribution >= 0.6 is 11.3 Å². The molecule has 1 unspecified atom stereocenters. The highest BCUT2D eigenvalue weighted by atomic mass is 32.1. The highest BCUT2D eigenvalue weighted by molar-refractivity contribution is 7.09. The molecule has 2 amide bonds. The van der Waals surface area contributed by atoms with E-state index in [4.69, 9.17) is 9.47 Å². The molecule has 174 valence electrons. The van der Waals surface area contributed by atoms with Crippen molar-refractivity contribution in [2.45, 2.75) is 32.9 Å². The molecule has 1 aromatic heterocycles. The van der Waals surface area contributed by atoms with Gasteiger partial charge in [-0.15, -0.1) is 11.3 Å². The van der Waals surface area contributed by atoms with Crippen LogP contribution in [-0.2, 0) is 11.4 Å². The lowest BCUT2D eigenvalue weighted by molar-refractivity contribution is -0.130. The van der Waals surface area contributed by atoms with E-state index in [9.17, 15) is 9.59 Å². The van der Waals surface area contributed by atoms with Crippen LogP contribution in [-0.4, -0.2) is 42.4 Å². The van der Waals surface area contributed by atoms with Crippen molar-refractivity contribution in [3.8, 4) is 11.5 Å². The smallest absolute Gasteiger partial charge is 0.259 e. The normalized spacial score (nSPS) is 11.5. The Labute approximate surface area is 198 Å². The van der Waals surface area contributed by atoms with Crippen LogP contribution in [0.1, 0.15) is 46.0 Å². The van der Waals surface area contributed by atoms with Gasteiger partial charge in [0, 0.05) is 30.6 Å². The topological polar surface area (TPSA) is 80.8 Å². The first-order chi connectivity index (χ1) is 15.9. The van der Waals surface area contributed by atoms with Gasteiger partial charge >= 0.3 is 0 Å². The lowest BCUT2D eigenvalue weighted by atomic mass is 10.0. The SMILES string of the molecule is CCC(NC(=O)c1cccc(OCc2csc(C)n2)c1)c1ccccc1OCC(=O)N(C)C. The van der Waals surface area contributed by atoms with Crippen molar-refractivity contribution >= 4 is 23.2 Å². The molecule has 3 rings (SSSR count). The van der Waals surface area contributed by atoms with Crippen molar-refractivity contribution in [2.24, 2.45) is 0 Å². The van der Waals surface area contributed by atoms with Gasteiger partial charge in [-0.3, -0.25) is 9.59 Å². The zero-order valence-corrected chi connectivity index (χ0v) is 20.1. The second-order valence-electron chi connectivity index (χ2n) is 7.72. The number of benzene rings is 2. The monoisotopic (exact) mass is 467 g/mol. The molecule has 33 heavy (non-hydrogen) atoms. The molecule has 1 N–H and O–H groups in total. The summed E-state index contributed by atoms with van der Waals surface area (Å²) < 4.78 is 11.6. The Hall–Kier alpha value is -3.39. The van der Waals surface area contributed by atoms with Gasteiger partial charge in [-0.05, 0) is 37.6 Å². The molecule has 7 nitrogen and oxygen atoms in total. The number of rotatable bonds is 10. The Balaban J connectivity index is 1.68. The average Bonchev–Trinajstić information content (AvgIpc) is 3.25. The number of carbonyl (C=O) groups is 2. The third-order valence-corrected chi connectivity index (χ3v) is 5.83. The minimum atomic E-state index is -0.272. The third-order valence-electron chi connectivity index (χ3n) is 5.01. The van der Waals surface area contributed by atoms with Gasteiger partial charge in [-0.1, -0.05) is 31.2 Å². The molecular formula is C25H29N3O4S. The van der Waals surface area contributed by atoms with E-state index in [0.717, 1.165) is 16.3 Å². The fraction of sp³-hybridized carbons (Fsp3) is 0.320. The molecule has 3 aromatic rings. The number of aryl methyl sites for hydroxylation is 1. The molecular weight excluding hydrogens is 438 g/mol. The first kappa shape index (κ1) is 24.3. The Morgan fingerprint density at radius 2 is 1.91 bits per heavy atom. The number of para-hydroxylation sites is 1. The number of hydrogen-bond donors (Lipinski definition) is 1. The summed E-state index contributed by atoms with van der Waals surface area (Å²) in [5.74, 6) is 0.838. The maximum Gasteiger partial charge on any atom is 0.259 e. The van der Waals surface area contributed by atoms with Crippen LogP contribution in [0.15, 0.2) is 53.9 Å². The molecule has 0 spiro atoms. The molecule has 1 atom stereocenters. The molecule has 0 bridgehead atoms. The number of nitrogens with zero attached hydrogens (tertiary/aromatic N) is 2. The Bertz CT molecular complexity index is 1100. The molecule has 0 fully saturated rings. The van der Waals surface area contributed by atoms with Gasteiger partial charge in [0.25, 0.3) is 11.8 Å². The second-order valence-corrected chi connectivity index (χ2v) is 8.79. The highest BCUT2D eigenvalue weighted by Crippen LogP contribution is 2.28. The first-order valence-electron chi connectivity index (χ1n) is 10.7. The van der Waals surface area contributed by atoms with E-state index < -0.39 is 0 Å². The van der Waals surface area contributed by atoms with Crippen molar-refractivity contribution in [3.05, 3.63) is 75.7 Å². The van der Waals surface area contributed by atoms with Crippen LogP contribution in [0.2, 0.25) is 0 Å². The predicted octanol–water partition coefficient (Wildman–Crippen LogP) is 4.38. The Morgan fingerprint density at radius 3 is 2.61 bits per heavy atom. The zero-order chi connectivity index (χ0) is 23.8. The zero-order valence-electron chi connectivity index (χ0n) is 19.3. The summed E-state index contributed by atoms with van der Waals surface area (Å²) in [4.78, 5) is 30.8. The Morgan fingerprint density at radius 1 is 1.12 bits per heavy atom. The predicted molar refractivity (Wildman–Crippen MR) is 129 cm³/mol. The minimum absolute atomic E-state index is 0.0632. The number of amides is 2. The fourth-order valence-electron chi connectivity index (χ4n) is 3.17. The van der Waals surface area contributed by atoms with E-state index in [-0.39, 0.29) is 24.5 Å². The standard InChI is InChI=1S/C25H29N3O4S/c1-5-22(21-11-6-7-12-23(21)32-15-24(29)28(3)4)27-25(30)18-9-8-10-20(13-18)31-14-19-16-33-17(2)26-19/h6-13,16,22H,5,14-15H2,1-4H3,(H,27,30). The molecule has 0 saturated heterocycles. The van der Waals surface area contributed by atoms with Crippen LogP contribution in [0.25, 0.3) is 0 Å². The number of nitrogens with one attached hydrogen (secondary N) is 1. The van der Waals surface area contributed by atoms with Crippen LogP contribution in [0.5, 0.6) is 11.5 Å². The van der Waals surface area contributed by atoms with Gasteiger partial charge in [0.2, 0.25) is 0 Å². The van der Waals surface area contributed by atoms with Crippen molar-refractivity contribution in [2.75, 3.05) is 20.7 Å². The average molecular weight is 468 g/mol. The second kappa shape index (κ2) is 11.5. The first-order valence-corrected chi connectivity index (χ1v) is 11.6. The van der Waals surface area contributed by atoms with Gasteiger partial charge in [0.15, 0.2) is 6.61 Å². The van der Waals surface area contributed by atoms with Gasteiger partial charge in [0.1, 0.15) is 18.1 Å². The molecule has 0 aliphatic heterocycles. The number of likely N-dealkylation sites (N-methyl/N-ethyl adjacent to an activating group) is 1. The summed E-state index contributed by atoms with van der Waals surface area (Å²) in [6.07, 6.45) is 0.660. The van der Waals surface area contributed by atoms with Crippen molar-refractivity contribution in [1.82, 2.24) is 15.2 Å². The number of aromatic nitrogens is 1. The molecule has 2 aromatic carbocycles. The van der Waals surface area contributed by atoms with Crippen LogP contribution < -0.4 is 14.8 Å². The van der Waals surface area contributed by atoms with Gasteiger partial charge in [0.05, 0.1) is 16.7 Å². The molecule has 1 heterocycles. The van der Waals surface area contributed by atoms with Crippen LogP contribution in [0, 0.1) is 6.92 Å². The minimum Gasteiger partial charge on any atom is -0.487 e. The largest absolute Gasteiger partial charge is 0.487 e. The van der Waals surface area contributed by atoms with Crippen LogP contribution in [0.4, 0.5) is 0 Å². The summed E-state index contributed by atoms with van der Waals surface area (Å²) in [7, 11) is 3.37. The maximum atomic E-state index is 13.0. The Kier molecular flexibility index (Phi) is 8.43.